The van der Waals surface area contributed by atoms with Crippen LogP contribution in [-0.2, 0) is 24.3 Å². The lowest BCUT2D eigenvalue weighted by atomic mass is 10.2. The molecule has 0 bridgehead atoms. The van der Waals surface area contributed by atoms with E-state index in [2.05, 4.69) is 5.32 Å². The molecule has 3 rings (SSSR count). The van der Waals surface area contributed by atoms with E-state index < -0.39 is 40.1 Å². The molecular formula is C19H18F2N2O6S. The van der Waals surface area contributed by atoms with E-state index in [1.807, 2.05) is 0 Å². The summed E-state index contributed by atoms with van der Waals surface area (Å²) >= 11 is 0. The van der Waals surface area contributed by atoms with Crippen molar-refractivity contribution in [2.75, 3.05) is 38.2 Å². The minimum Gasteiger partial charge on any atom is -0.452 e. The highest BCUT2D eigenvalue weighted by Crippen LogP contribution is 2.18. The maximum absolute atomic E-state index is 13.5. The van der Waals surface area contributed by atoms with Gasteiger partial charge >= 0.3 is 5.97 Å². The maximum atomic E-state index is 13.5. The second-order valence-corrected chi connectivity index (χ2v) is 8.23. The van der Waals surface area contributed by atoms with Crippen LogP contribution in [0.3, 0.4) is 0 Å². The smallest absolute Gasteiger partial charge is 0.338 e. The minimum atomic E-state index is -3.70. The number of hydrogen-bond acceptors (Lipinski definition) is 6. The molecule has 0 unspecified atom stereocenters. The van der Waals surface area contributed by atoms with Crippen LogP contribution in [0, 0.1) is 11.6 Å². The summed E-state index contributed by atoms with van der Waals surface area (Å²) < 4.78 is 62.8. The number of nitrogens with one attached hydrogen (secondary N) is 1. The van der Waals surface area contributed by atoms with Crippen molar-refractivity contribution >= 4 is 27.6 Å². The van der Waals surface area contributed by atoms with Gasteiger partial charge in [0.05, 0.1) is 29.4 Å². The monoisotopic (exact) mass is 440 g/mol. The first kappa shape index (κ1) is 21.8. The summed E-state index contributed by atoms with van der Waals surface area (Å²) in [4.78, 5) is 23.9. The van der Waals surface area contributed by atoms with E-state index in [9.17, 15) is 26.8 Å². The van der Waals surface area contributed by atoms with Crippen LogP contribution < -0.4 is 5.32 Å². The molecule has 30 heavy (non-hydrogen) atoms. The first-order chi connectivity index (χ1) is 14.3. The van der Waals surface area contributed by atoms with Crippen LogP contribution in [0.1, 0.15) is 10.4 Å². The van der Waals surface area contributed by atoms with Gasteiger partial charge in [-0.15, -0.1) is 0 Å². The normalized spacial score (nSPS) is 14.9. The molecule has 1 aliphatic heterocycles. The molecule has 2 aromatic carbocycles. The molecule has 1 fully saturated rings. The maximum Gasteiger partial charge on any atom is 0.338 e. The number of ether oxygens (including phenoxy) is 2. The zero-order valence-corrected chi connectivity index (χ0v) is 16.5. The predicted octanol–water partition coefficient (Wildman–Crippen LogP) is 1.78. The third kappa shape index (κ3) is 5.17. The average Bonchev–Trinajstić information content (AvgIpc) is 2.75. The number of halogens is 2. The zero-order chi connectivity index (χ0) is 21.7. The summed E-state index contributed by atoms with van der Waals surface area (Å²) in [5.74, 6) is -3.44. The van der Waals surface area contributed by atoms with Crippen molar-refractivity contribution in [3.8, 4) is 0 Å². The topological polar surface area (TPSA) is 102 Å². The van der Waals surface area contributed by atoms with Gasteiger partial charge in [0.15, 0.2) is 6.61 Å². The molecule has 0 aliphatic carbocycles. The number of morpholine rings is 1. The van der Waals surface area contributed by atoms with Gasteiger partial charge in [0.1, 0.15) is 11.6 Å². The van der Waals surface area contributed by atoms with Crippen LogP contribution in [-0.4, -0.2) is 57.5 Å². The van der Waals surface area contributed by atoms with Crippen molar-refractivity contribution in [2.45, 2.75) is 4.90 Å². The van der Waals surface area contributed by atoms with Gasteiger partial charge in [-0.05, 0) is 36.4 Å². The Balaban J connectivity index is 1.57. The van der Waals surface area contributed by atoms with Crippen LogP contribution >= 0.6 is 0 Å². The van der Waals surface area contributed by atoms with Gasteiger partial charge in [0, 0.05) is 19.2 Å². The van der Waals surface area contributed by atoms with Gasteiger partial charge in [-0.3, -0.25) is 4.79 Å². The average molecular weight is 440 g/mol. The highest BCUT2D eigenvalue weighted by atomic mass is 32.2. The van der Waals surface area contributed by atoms with Crippen molar-refractivity contribution in [3.05, 3.63) is 59.7 Å². The Morgan fingerprint density at radius 3 is 2.37 bits per heavy atom. The molecule has 1 heterocycles. The van der Waals surface area contributed by atoms with Gasteiger partial charge in [0.25, 0.3) is 5.91 Å². The Kier molecular flexibility index (Phi) is 6.75. The molecule has 1 N–H and O–H groups in total. The van der Waals surface area contributed by atoms with Gasteiger partial charge in [0.2, 0.25) is 10.0 Å². The van der Waals surface area contributed by atoms with Gasteiger partial charge in [-0.25, -0.2) is 22.0 Å². The number of nitrogens with zero attached hydrogens (tertiary/aromatic N) is 1. The van der Waals surface area contributed by atoms with E-state index >= 15 is 0 Å². The van der Waals surface area contributed by atoms with E-state index in [-0.39, 0.29) is 29.2 Å². The number of esters is 1. The van der Waals surface area contributed by atoms with Gasteiger partial charge in [-0.2, -0.15) is 4.31 Å². The molecule has 0 aromatic heterocycles. The second-order valence-electron chi connectivity index (χ2n) is 6.29. The molecular weight excluding hydrogens is 422 g/mol. The summed E-state index contributed by atoms with van der Waals surface area (Å²) in [5.41, 5.74) is -0.216. The molecule has 0 radical (unpaired) electrons. The summed E-state index contributed by atoms with van der Waals surface area (Å²) in [5, 5.41) is 2.16. The molecule has 0 spiro atoms. The van der Waals surface area contributed by atoms with Gasteiger partial charge in [-0.1, -0.05) is 0 Å². The van der Waals surface area contributed by atoms with E-state index in [4.69, 9.17) is 9.47 Å². The molecule has 0 saturated carbocycles. The number of carbonyl (C=O) groups is 2. The van der Waals surface area contributed by atoms with Crippen LogP contribution in [0.15, 0.2) is 47.4 Å². The minimum absolute atomic E-state index is 0.0190. The van der Waals surface area contributed by atoms with Crippen molar-refractivity contribution in [1.29, 1.82) is 0 Å². The van der Waals surface area contributed by atoms with Crippen molar-refractivity contribution in [1.82, 2.24) is 4.31 Å². The lowest BCUT2D eigenvalue weighted by molar-refractivity contribution is -0.119. The summed E-state index contributed by atoms with van der Waals surface area (Å²) in [6.45, 7) is 0.413. The number of rotatable bonds is 6. The summed E-state index contributed by atoms with van der Waals surface area (Å²) in [6, 6.07) is 7.70. The number of hydrogen-bond donors (Lipinski definition) is 1. The third-order valence-electron chi connectivity index (χ3n) is 4.24. The Morgan fingerprint density at radius 2 is 1.73 bits per heavy atom. The van der Waals surface area contributed by atoms with Crippen LogP contribution in [0.25, 0.3) is 0 Å². The van der Waals surface area contributed by atoms with Crippen molar-refractivity contribution < 1.29 is 36.3 Å². The fourth-order valence-electron chi connectivity index (χ4n) is 2.69. The summed E-state index contributed by atoms with van der Waals surface area (Å²) in [7, 11) is -3.70. The quantitative estimate of drug-likeness (QED) is 0.687. The van der Waals surface area contributed by atoms with Crippen molar-refractivity contribution in [2.24, 2.45) is 0 Å². The van der Waals surface area contributed by atoms with E-state index in [0.717, 1.165) is 12.1 Å². The summed E-state index contributed by atoms with van der Waals surface area (Å²) in [6.07, 6.45) is 0. The predicted molar refractivity (Wildman–Crippen MR) is 101 cm³/mol. The molecule has 0 atom stereocenters. The molecule has 1 saturated heterocycles. The SMILES string of the molecule is O=C(COC(=O)c1ccc(S(=O)(=O)N2CCOCC2)cc1)Nc1ccc(F)cc1F. The number of carbonyl (C=O) groups excluding carboxylic acids is 2. The molecule has 2 aromatic rings. The zero-order valence-electron chi connectivity index (χ0n) is 15.6. The molecule has 160 valence electrons. The molecule has 1 amide bonds. The Hall–Kier alpha value is -2.89. The number of benzene rings is 2. The lowest BCUT2D eigenvalue weighted by Crippen LogP contribution is -2.40. The first-order valence-corrected chi connectivity index (χ1v) is 10.3. The number of sulfonamides is 1. The highest BCUT2D eigenvalue weighted by molar-refractivity contribution is 7.89. The van der Waals surface area contributed by atoms with Crippen LogP contribution in [0.4, 0.5) is 14.5 Å². The molecule has 11 heteroatoms. The fourth-order valence-corrected chi connectivity index (χ4v) is 4.10. The number of anilines is 1. The fraction of sp³-hybridized carbons (Fsp3) is 0.263. The van der Waals surface area contributed by atoms with E-state index in [1.54, 1.807) is 0 Å². The van der Waals surface area contributed by atoms with Gasteiger partial charge < -0.3 is 14.8 Å². The lowest BCUT2D eigenvalue weighted by Gasteiger charge is -2.26. The van der Waals surface area contributed by atoms with Crippen molar-refractivity contribution in [3.63, 3.8) is 0 Å². The highest BCUT2D eigenvalue weighted by Gasteiger charge is 2.26. The van der Waals surface area contributed by atoms with E-state index in [1.165, 1.54) is 28.6 Å². The third-order valence-corrected chi connectivity index (χ3v) is 6.15. The Morgan fingerprint density at radius 1 is 1.07 bits per heavy atom. The second kappa shape index (κ2) is 9.28. The largest absolute Gasteiger partial charge is 0.452 e. The molecule has 1 aliphatic rings. The molecule has 8 nitrogen and oxygen atoms in total. The standard InChI is InChI=1S/C19H18F2N2O6S/c20-14-3-6-17(16(21)11-14)22-18(24)12-29-19(25)13-1-4-15(5-2-13)30(26,27)23-7-9-28-10-8-23/h1-6,11H,7-10,12H2,(H,22,24). The number of amides is 1. The van der Waals surface area contributed by atoms with E-state index in [0.29, 0.717) is 19.3 Å². The Labute approximate surface area is 171 Å². The Bertz CT molecular complexity index is 1040. The first-order valence-electron chi connectivity index (χ1n) is 8.87. The van der Waals surface area contributed by atoms with Crippen LogP contribution in [0.5, 0.6) is 0 Å². The van der Waals surface area contributed by atoms with Crippen LogP contribution in [0.2, 0.25) is 0 Å².